The minimum Gasteiger partial charge on any atom is -0.381 e. The smallest absolute Gasteiger partial charge is 0.162 e. The third-order valence-corrected chi connectivity index (χ3v) is 5.82. The maximum absolute atomic E-state index is 5.53. The van der Waals surface area contributed by atoms with Crippen LogP contribution in [-0.4, -0.2) is 49.4 Å². The highest BCUT2D eigenvalue weighted by Crippen LogP contribution is 2.30. The van der Waals surface area contributed by atoms with Gasteiger partial charge >= 0.3 is 0 Å². The van der Waals surface area contributed by atoms with Gasteiger partial charge in [0, 0.05) is 55.6 Å². The Kier molecular flexibility index (Phi) is 7.82. The Morgan fingerprint density at radius 2 is 1.72 bits per heavy atom. The zero-order valence-electron chi connectivity index (χ0n) is 19.0. The maximum atomic E-state index is 5.53. The van der Waals surface area contributed by atoms with Crippen LogP contribution in [-0.2, 0) is 11.3 Å². The average Bonchev–Trinajstić information content (AvgIpc) is 2.84. The zero-order chi connectivity index (χ0) is 22.2. The predicted octanol–water partition coefficient (Wildman–Crippen LogP) is 4.02. The van der Waals surface area contributed by atoms with Gasteiger partial charge in [0.2, 0.25) is 0 Å². The molecule has 0 radical (unpaired) electrons. The lowest BCUT2D eigenvalue weighted by atomic mass is 10.0. The summed E-state index contributed by atoms with van der Waals surface area (Å²) in [4.78, 5) is 9.99. The van der Waals surface area contributed by atoms with Gasteiger partial charge in [0.25, 0.3) is 0 Å². The summed E-state index contributed by atoms with van der Waals surface area (Å²) in [5.74, 6) is 1.67. The van der Waals surface area contributed by atoms with Crippen molar-refractivity contribution in [1.29, 1.82) is 0 Å². The Morgan fingerprint density at radius 3 is 2.50 bits per heavy atom. The first-order chi connectivity index (χ1) is 15.7. The first-order valence-corrected chi connectivity index (χ1v) is 11.5. The van der Waals surface area contributed by atoms with Gasteiger partial charge in [-0.1, -0.05) is 48.5 Å². The third-order valence-electron chi connectivity index (χ3n) is 5.82. The van der Waals surface area contributed by atoms with Gasteiger partial charge in [-0.25, -0.2) is 9.97 Å². The van der Waals surface area contributed by atoms with Crippen molar-refractivity contribution in [2.24, 2.45) is 0 Å². The van der Waals surface area contributed by atoms with Crippen molar-refractivity contribution in [3.8, 4) is 22.6 Å². The first kappa shape index (κ1) is 22.4. The SMILES string of the molecule is CNCCNCc1cccc(-c2nc(NC3CCOCC3)c(C)c(-c3ccccc3)n2)c1. The quantitative estimate of drug-likeness (QED) is 0.445. The van der Waals surface area contributed by atoms with Crippen LogP contribution >= 0.6 is 0 Å². The first-order valence-electron chi connectivity index (χ1n) is 11.5. The highest BCUT2D eigenvalue weighted by molar-refractivity contribution is 5.72. The van der Waals surface area contributed by atoms with Crippen molar-refractivity contribution in [3.05, 3.63) is 65.7 Å². The third kappa shape index (κ3) is 5.71. The number of benzene rings is 2. The van der Waals surface area contributed by atoms with Crippen LogP contribution in [0.2, 0.25) is 0 Å². The topological polar surface area (TPSA) is 71.1 Å². The zero-order valence-corrected chi connectivity index (χ0v) is 19.0. The van der Waals surface area contributed by atoms with Crippen LogP contribution in [0.5, 0.6) is 0 Å². The number of anilines is 1. The summed E-state index contributed by atoms with van der Waals surface area (Å²) in [6, 6.07) is 19.2. The fourth-order valence-corrected chi connectivity index (χ4v) is 3.97. The van der Waals surface area contributed by atoms with E-state index in [0.717, 1.165) is 79.7 Å². The fourth-order valence-electron chi connectivity index (χ4n) is 3.97. The summed E-state index contributed by atoms with van der Waals surface area (Å²) >= 11 is 0. The van der Waals surface area contributed by atoms with E-state index in [-0.39, 0.29) is 0 Å². The summed E-state index contributed by atoms with van der Waals surface area (Å²) in [6.45, 7) is 6.39. The summed E-state index contributed by atoms with van der Waals surface area (Å²) < 4.78 is 5.53. The van der Waals surface area contributed by atoms with Crippen molar-refractivity contribution in [3.63, 3.8) is 0 Å². The minimum absolute atomic E-state index is 0.372. The highest BCUT2D eigenvalue weighted by Gasteiger charge is 2.19. The molecule has 32 heavy (non-hydrogen) atoms. The van der Waals surface area contributed by atoms with Crippen molar-refractivity contribution in [1.82, 2.24) is 20.6 Å². The number of hydrogen-bond donors (Lipinski definition) is 3. The van der Waals surface area contributed by atoms with E-state index in [2.05, 4.69) is 71.4 Å². The fraction of sp³-hybridized carbons (Fsp3) is 0.385. The van der Waals surface area contributed by atoms with Gasteiger partial charge in [-0.05, 0) is 38.4 Å². The molecule has 3 N–H and O–H groups in total. The van der Waals surface area contributed by atoms with Crippen LogP contribution in [0, 0.1) is 6.92 Å². The molecule has 2 heterocycles. The summed E-state index contributed by atoms with van der Waals surface area (Å²) in [5, 5.41) is 10.3. The molecule has 0 aliphatic carbocycles. The van der Waals surface area contributed by atoms with Crippen molar-refractivity contribution in [2.45, 2.75) is 32.4 Å². The molecule has 0 amide bonds. The van der Waals surface area contributed by atoms with Crippen LogP contribution in [0.3, 0.4) is 0 Å². The van der Waals surface area contributed by atoms with Gasteiger partial charge in [-0.3, -0.25) is 0 Å². The number of likely N-dealkylation sites (N-methyl/N-ethyl adjacent to an activating group) is 1. The molecule has 3 aromatic rings. The van der Waals surface area contributed by atoms with E-state index < -0.39 is 0 Å². The Balaban J connectivity index is 1.67. The summed E-state index contributed by atoms with van der Waals surface area (Å²) in [5.41, 5.74) is 5.42. The normalized spacial score (nSPS) is 14.4. The van der Waals surface area contributed by atoms with Gasteiger partial charge in [0.05, 0.1) is 5.69 Å². The molecule has 168 valence electrons. The lowest BCUT2D eigenvalue weighted by Crippen LogP contribution is -2.28. The molecular weight excluding hydrogens is 398 g/mol. The van der Waals surface area contributed by atoms with E-state index in [1.807, 2.05) is 13.1 Å². The van der Waals surface area contributed by atoms with E-state index in [1.165, 1.54) is 5.56 Å². The summed E-state index contributed by atoms with van der Waals surface area (Å²) in [6.07, 6.45) is 1.99. The minimum atomic E-state index is 0.372. The molecule has 1 fully saturated rings. The molecule has 4 rings (SSSR count). The Bertz CT molecular complexity index is 1000. The second-order valence-electron chi connectivity index (χ2n) is 8.25. The standard InChI is InChI=1S/C26H33N5O/c1-19-24(21-8-4-3-5-9-21)30-26(31-25(19)29-23-11-15-32-16-12-23)22-10-6-7-20(17-22)18-28-14-13-27-2/h3-10,17,23,27-28H,11-16,18H2,1-2H3,(H,29,30,31). The molecule has 6 nitrogen and oxygen atoms in total. The van der Waals surface area contributed by atoms with Gasteiger partial charge in [0.15, 0.2) is 5.82 Å². The number of nitrogens with zero attached hydrogens (tertiary/aromatic N) is 2. The van der Waals surface area contributed by atoms with E-state index in [1.54, 1.807) is 0 Å². The number of hydrogen-bond acceptors (Lipinski definition) is 6. The molecule has 1 aromatic heterocycles. The van der Waals surface area contributed by atoms with Crippen molar-refractivity contribution in [2.75, 3.05) is 38.7 Å². The van der Waals surface area contributed by atoms with Gasteiger partial charge in [-0.2, -0.15) is 0 Å². The average molecular weight is 432 g/mol. The number of rotatable bonds is 9. The highest BCUT2D eigenvalue weighted by atomic mass is 16.5. The molecular formula is C26H33N5O. The van der Waals surface area contributed by atoms with E-state index in [9.17, 15) is 0 Å². The molecule has 0 unspecified atom stereocenters. The van der Waals surface area contributed by atoms with Crippen molar-refractivity contribution >= 4 is 5.82 Å². The number of aromatic nitrogens is 2. The molecule has 0 spiro atoms. The predicted molar refractivity (Wildman–Crippen MR) is 131 cm³/mol. The van der Waals surface area contributed by atoms with E-state index in [0.29, 0.717) is 6.04 Å². The van der Waals surface area contributed by atoms with Crippen LogP contribution in [0.25, 0.3) is 22.6 Å². The molecule has 0 bridgehead atoms. The molecule has 0 atom stereocenters. The maximum Gasteiger partial charge on any atom is 0.162 e. The Morgan fingerprint density at radius 1 is 0.938 bits per heavy atom. The number of ether oxygens (including phenoxy) is 1. The second kappa shape index (κ2) is 11.2. The lowest BCUT2D eigenvalue weighted by Gasteiger charge is -2.25. The Hall–Kier alpha value is -2.80. The largest absolute Gasteiger partial charge is 0.381 e. The molecule has 0 saturated carbocycles. The van der Waals surface area contributed by atoms with Crippen LogP contribution in [0.15, 0.2) is 54.6 Å². The lowest BCUT2D eigenvalue weighted by molar-refractivity contribution is 0.0904. The Labute approximate surface area is 190 Å². The van der Waals surface area contributed by atoms with E-state index in [4.69, 9.17) is 14.7 Å². The van der Waals surface area contributed by atoms with E-state index >= 15 is 0 Å². The monoisotopic (exact) mass is 431 g/mol. The van der Waals surface area contributed by atoms with Crippen LogP contribution < -0.4 is 16.0 Å². The van der Waals surface area contributed by atoms with Gasteiger partial charge in [0.1, 0.15) is 5.82 Å². The molecule has 6 heteroatoms. The van der Waals surface area contributed by atoms with Gasteiger partial charge in [-0.15, -0.1) is 0 Å². The number of nitrogens with one attached hydrogen (secondary N) is 3. The molecule has 1 aliphatic heterocycles. The summed E-state index contributed by atoms with van der Waals surface area (Å²) in [7, 11) is 1.97. The molecule has 1 aliphatic rings. The molecule has 1 saturated heterocycles. The van der Waals surface area contributed by atoms with Crippen molar-refractivity contribution < 1.29 is 4.74 Å². The van der Waals surface area contributed by atoms with Crippen LogP contribution in [0.4, 0.5) is 5.82 Å². The van der Waals surface area contributed by atoms with Crippen LogP contribution in [0.1, 0.15) is 24.0 Å². The second-order valence-corrected chi connectivity index (χ2v) is 8.25. The molecule has 2 aromatic carbocycles. The van der Waals surface area contributed by atoms with Gasteiger partial charge < -0.3 is 20.7 Å².